The van der Waals surface area contributed by atoms with Crippen LogP contribution in [0.1, 0.15) is 41.6 Å². The smallest absolute Gasteiger partial charge is 0.387 e. The molecule has 116 valence electrons. The number of benzene rings is 1. The van der Waals surface area contributed by atoms with E-state index < -0.39 is 17.6 Å². The van der Waals surface area contributed by atoms with Gasteiger partial charge >= 0.3 is 6.18 Å². The highest BCUT2D eigenvalue weighted by Crippen LogP contribution is 2.36. The Balaban J connectivity index is 2.08. The van der Waals surface area contributed by atoms with Crippen LogP contribution in [-0.4, -0.2) is 19.5 Å². The third-order valence-electron chi connectivity index (χ3n) is 3.93. The van der Waals surface area contributed by atoms with Crippen molar-refractivity contribution in [2.45, 2.75) is 31.9 Å². The number of hydrogen-bond acceptors (Lipinski definition) is 2. The van der Waals surface area contributed by atoms with Gasteiger partial charge in [0.05, 0.1) is 16.8 Å². The number of amides is 1. The fourth-order valence-electron chi connectivity index (χ4n) is 2.51. The van der Waals surface area contributed by atoms with E-state index in [1.54, 1.807) is 0 Å². The highest BCUT2D eigenvalue weighted by Gasteiger charge is 2.34. The second kappa shape index (κ2) is 6.37. The number of para-hydroxylation sites is 1. The summed E-state index contributed by atoms with van der Waals surface area (Å²) < 4.78 is 38.8. The molecule has 21 heavy (non-hydrogen) atoms. The molecule has 2 rings (SSSR count). The van der Waals surface area contributed by atoms with Gasteiger partial charge in [0.2, 0.25) is 0 Å². The first kappa shape index (κ1) is 15.7. The number of halogens is 3. The maximum absolute atomic E-state index is 12.9. The summed E-state index contributed by atoms with van der Waals surface area (Å²) in [5.41, 5.74) is -0.969. The lowest BCUT2D eigenvalue weighted by Gasteiger charge is -2.25. The Bertz CT molecular complexity index is 510. The van der Waals surface area contributed by atoms with Gasteiger partial charge in [-0.2, -0.15) is 13.2 Å². The topological polar surface area (TPSA) is 41.1 Å². The molecule has 2 N–H and O–H groups in total. The zero-order valence-corrected chi connectivity index (χ0v) is 11.9. The van der Waals surface area contributed by atoms with Gasteiger partial charge in [-0.3, -0.25) is 4.79 Å². The van der Waals surface area contributed by atoms with Crippen LogP contribution in [0.4, 0.5) is 18.9 Å². The predicted molar refractivity (Wildman–Crippen MR) is 75.3 cm³/mol. The minimum atomic E-state index is -4.49. The summed E-state index contributed by atoms with van der Waals surface area (Å²) in [5.74, 6) is 0.181. The van der Waals surface area contributed by atoms with Crippen molar-refractivity contribution in [1.82, 2.24) is 5.32 Å². The fourth-order valence-corrected chi connectivity index (χ4v) is 2.51. The predicted octanol–water partition coefficient (Wildman–Crippen LogP) is 3.67. The van der Waals surface area contributed by atoms with E-state index in [9.17, 15) is 18.0 Å². The van der Waals surface area contributed by atoms with Crippen LogP contribution in [0.2, 0.25) is 0 Å². The van der Waals surface area contributed by atoms with Gasteiger partial charge in [0.15, 0.2) is 0 Å². The van der Waals surface area contributed by atoms with Gasteiger partial charge in [-0.05, 0) is 24.5 Å². The first-order valence-electron chi connectivity index (χ1n) is 7.09. The normalized spacial score (nSPS) is 15.4. The van der Waals surface area contributed by atoms with Crippen LogP contribution >= 0.6 is 0 Å². The lowest BCUT2D eigenvalue weighted by molar-refractivity contribution is -0.136. The molecule has 0 atom stereocenters. The summed E-state index contributed by atoms with van der Waals surface area (Å²) in [5, 5.41) is 5.20. The van der Waals surface area contributed by atoms with Gasteiger partial charge in [0.25, 0.3) is 5.91 Å². The Labute approximate surface area is 121 Å². The number of carbonyl (C=O) groups is 1. The van der Waals surface area contributed by atoms with Crippen molar-refractivity contribution in [2.24, 2.45) is 5.92 Å². The second-order valence-electron chi connectivity index (χ2n) is 5.32. The maximum atomic E-state index is 12.9. The lowest BCUT2D eigenvalue weighted by atomic mass is 9.83. The zero-order chi connectivity index (χ0) is 15.5. The van der Waals surface area contributed by atoms with Gasteiger partial charge in [-0.25, -0.2) is 0 Å². The van der Waals surface area contributed by atoms with Gasteiger partial charge in [-0.15, -0.1) is 0 Å². The zero-order valence-electron chi connectivity index (χ0n) is 11.9. The average Bonchev–Trinajstić information content (AvgIpc) is 2.39. The van der Waals surface area contributed by atoms with Crippen LogP contribution in [0, 0.1) is 5.92 Å². The summed E-state index contributed by atoms with van der Waals surface area (Å²) in [6, 6.07) is 3.63. The molecule has 1 fully saturated rings. The molecular formula is C15H19F3N2O. The van der Waals surface area contributed by atoms with Crippen molar-refractivity contribution >= 4 is 11.6 Å². The van der Waals surface area contributed by atoms with Gasteiger partial charge < -0.3 is 10.6 Å². The Morgan fingerprint density at radius 1 is 1.33 bits per heavy atom. The standard InChI is InChI=1S/C15H19F3N2O/c1-19-13-11(6-3-7-12(13)15(16,17)18)14(21)20-9-8-10-4-2-5-10/h3,6-7,10,19H,2,4-5,8-9H2,1H3,(H,20,21). The molecule has 6 heteroatoms. The van der Waals surface area contributed by atoms with Crippen molar-refractivity contribution in [3.05, 3.63) is 29.3 Å². The average molecular weight is 300 g/mol. The molecule has 0 aromatic heterocycles. The number of nitrogens with one attached hydrogen (secondary N) is 2. The van der Waals surface area contributed by atoms with Gasteiger partial charge in [0, 0.05) is 13.6 Å². The quantitative estimate of drug-likeness (QED) is 0.871. The van der Waals surface area contributed by atoms with Gasteiger partial charge in [-0.1, -0.05) is 25.3 Å². The molecule has 1 aliphatic carbocycles. The SMILES string of the molecule is CNc1c(C(=O)NCCC2CCC2)cccc1C(F)(F)F. The molecule has 1 aromatic rings. The second-order valence-corrected chi connectivity index (χ2v) is 5.32. The molecule has 1 aromatic carbocycles. The highest BCUT2D eigenvalue weighted by atomic mass is 19.4. The van der Waals surface area contributed by atoms with Crippen molar-refractivity contribution in [1.29, 1.82) is 0 Å². The maximum Gasteiger partial charge on any atom is 0.418 e. The van der Waals surface area contributed by atoms with E-state index in [0.717, 1.165) is 12.5 Å². The minimum absolute atomic E-state index is 0.0286. The first-order valence-corrected chi connectivity index (χ1v) is 7.09. The molecule has 0 spiro atoms. The van der Waals surface area contributed by atoms with Crippen molar-refractivity contribution < 1.29 is 18.0 Å². The van der Waals surface area contributed by atoms with Crippen LogP contribution in [-0.2, 0) is 6.18 Å². The van der Waals surface area contributed by atoms with E-state index in [0.29, 0.717) is 12.5 Å². The summed E-state index contributed by atoms with van der Waals surface area (Å²) in [7, 11) is 1.38. The van der Waals surface area contributed by atoms with E-state index in [4.69, 9.17) is 0 Å². The van der Waals surface area contributed by atoms with E-state index in [2.05, 4.69) is 10.6 Å². The summed E-state index contributed by atoms with van der Waals surface area (Å²) >= 11 is 0. The molecule has 0 unspecified atom stereocenters. The van der Waals surface area contributed by atoms with Gasteiger partial charge in [0.1, 0.15) is 0 Å². The largest absolute Gasteiger partial charge is 0.418 e. The number of hydrogen-bond donors (Lipinski definition) is 2. The summed E-state index contributed by atoms with van der Waals surface area (Å²) in [6.45, 7) is 0.503. The van der Waals surface area contributed by atoms with Crippen LogP contribution in [0.25, 0.3) is 0 Å². The van der Waals surface area contributed by atoms with E-state index in [1.165, 1.54) is 38.4 Å². The molecule has 3 nitrogen and oxygen atoms in total. The Morgan fingerprint density at radius 3 is 2.57 bits per heavy atom. The first-order chi connectivity index (χ1) is 9.93. The number of carbonyl (C=O) groups excluding carboxylic acids is 1. The summed E-state index contributed by atoms with van der Waals surface area (Å²) in [6.07, 6.45) is -0.00130. The molecular weight excluding hydrogens is 281 g/mol. The number of anilines is 1. The molecule has 0 heterocycles. The monoisotopic (exact) mass is 300 g/mol. The fraction of sp³-hybridized carbons (Fsp3) is 0.533. The van der Waals surface area contributed by atoms with Crippen LogP contribution in [0.5, 0.6) is 0 Å². The van der Waals surface area contributed by atoms with E-state index in [1.807, 2.05) is 0 Å². The lowest BCUT2D eigenvalue weighted by Crippen LogP contribution is -2.28. The highest BCUT2D eigenvalue weighted by molar-refractivity contribution is 6.00. The Morgan fingerprint density at radius 2 is 2.05 bits per heavy atom. The van der Waals surface area contributed by atoms with E-state index >= 15 is 0 Å². The Kier molecular flexibility index (Phi) is 4.75. The summed E-state index contributed by atoms with van der Waals surface area (Å²) in [4.78, 5) is 12.1. The molecule has 1 amide bonds. The van der Waals surface area contributed by atoms with Crippen LogP contribution in [0.15, 0.2) is 18.2 Å². The molecule has 0 saturated heterocycles. The third kappa shape index (κ3) is 3.68. The molecule has 0 radical (unpaired) electrons. The third-order valence-corrected chi connectivity index (χ3v) is 3.93. The van der Waals surface area contributed by atoms with Crippen LogP contribution < -0.4 is 10.6 Å². The molecule has 1 aliphatic rings. The molecule has 0 aliphatic heterocycles. The molecule has 0 bridgehead atoms. The molecule has 1 saturated carbocycles. The Hall–Kier alpha value is -1.72. The minimum Gasteiger partial charge on any atom is -0.387 e. The van der Waals surface area contributed by atoms with Crippen molar-refractivity contribution in [2.75, 3.05) is 18.9 Å². The van der Waals surface area contributed by atoms with Crippen molar-refractivity contribution in [3.63, 3.8) is 0 Å². The number of rotatable bonds is 5. The number of alkyl halides is 3. The van der Waals surface area contributed by atoms with Crippen molar-refractivity contribution in [3.8, 4) is 0 Å². The van der Waals surface area contributed by atoms with Crippen LogP contribution in [0.3, 0.4) is 0 Å². The van der Waals surface area contributed by atoms with E-state index in [-0.39, 0.29) is 11.3 Å².